The zero-order valence-corrected chi connectivity index (χ0v) is 14.0. The summed E-state index contributed by atoms with van der Waals surface area (Å²) in [7, 11) is 1.35. The van der Waals surface area contributed by atoms with E-state index in [1.807, 2.05) is 0 Å². The number of carbonyl (C=O) groups is 1. The first-order valence-electron chi connectivity index (χ1n) is 8.53. The molecule has 0 saturated heterocycles. The van der Waals surface area contributed by atoms with Crippen LogP contribution in [-0.2, 0) is 19.0 Å². The van der Waals surface area contributed by atoms with Crippen LogP contribution in [0, 0.1) is 0 Å². The first kappa shape index (κ1) is 20.4. The highest BCUT2D eigenvalue weighted by molar-refractivity contribution is 5.70. The molecule has 0 aromatic heterocycles. The minimum absolute atomic E-state index is 0.0120. The van der Waals surface area contributed by atoms with Gasteiger partial charge in [0.25, 0.3) is 0 Å². The van der Waals surface area contributed by atoms with Gasteiger partial charge >= 0.3 is 5.97 Å². The molecule has 0 atom stereocenters. The molecule has 0 heterocycles. The van der Waals surface area contributed by atoms with E-state index in [-0.39, 0.29) is 12.6 Å². The monoisotopic (exact) mass is 302 g/mol. The van der Waals surface area contributed by atoms with Gasteiger partial charge in [0.2, 0.25) is 0 Å². The van der Waals surface area contributed by atoms with Crippen molar-refractivity contribution in [1.29, 1.82) is 0 Å². The molecule has 21 heavy (non-hydrogen) atoms. The van der Waals surface area contributed by atoms with Crippen molar-refractivity contribution in [1.82, 2.24) is 0 Å². The molecule has 0 amide bonds. The van der Waals surface area contributed by atoms with E-state index in [0.29, 0.717) is 13.2 Å². The molecule has 0 bridgehead atoms. The highest BCUT2D eigenvalue weighted by Crippen LogP contribution is 2.10. The molecule has 0 aromatic rings. The lowest BCUT2D eigenvalue weighted by molar-refractivity contribution is -0.146. The maximum atomic E-state index is 10.8. The summed E-state index contributed by atoms with van der Waals surface area (Å²) in [6.07, 6.45) is 13.3. The first-order chi connectivity index (χ1) is 10.3. The van der Waals surface area contributed by atoms with E-state index in [0.717, 1.165) is 13.0 Å². The van der Waals surface area contributed by atoms with Gasteiger partial charge in [0.1, 0.15) is 6.61 Å². The normalized spacial score (nSPS) is 10.8. The Kier molecular flexibility index (Phi) is 16.9. The number of unbranched alkanes of at least 4 members (excludes halogenated alkanes) is 9. The summed E-state index contributed by atoms with van der Waals surface area (Å²) < 4.78 is 15.0. The van der Waals surface area contributed by atoms with Gasteiger partial charge in [0.05, 0.1) is 20.3 Å². The summed E-state index contributed by atoms with van der Waals surface area (Å²) in [6, 6.07) is 0. The number of carbonyl (C=O) groups excluding carboxylic acids is 1. The first-order valence-corrected chi connectivity index (χ1v) is 8.53. The third kappa shape index (κ3) is 17.3. The molecule has 0 aliphatic rings. The molecule has 126 valence electrons. The van der Waals surface area contributed by atoms with Gasteiger partial charge in [-0.05, 0) is 6.42 Å². The Hall–Kier alpha value is -0.610. The van der Waals surface area contributed by atoms with Crippen LogP contribution in [0.1, 0.15) is 71.1 Å². The van der Waals surface area contributed by atoms with Crippen molar-refractivity contribution >= 4 is 5.97 Å². The van der Waals surface area contributed by atoms with Crippen LogP contribution in [0.4, 0.5) is 0 Å². The molecule has 4 nitrogen and oxygen atoms in total. The molecule has 0 radical (unpaired) electrons. The molecular weight excluding hydrogens is 268 g/mol. The van der Waals surface area contributed by atoms with E-state index >= 15 is 0 Å². The number of methoxy groups -OCH3 is 1. The minimum Gasteiger partial charge on any atom is -0.467 e. The van der Waals surface area contributed by atoms with E-state index in [2.05, 4.69) is 11.7 Å². The van der Waals surface area contributed by atoms with E-state index in [9.17, 15) is 4.79 Å². The molecule has 4 heteroatoms. The van der Waals surface area contributed by atoms with Crippen LogP contribution >= 0.6 is 0 Å². The van der Waals surface area contributed by atoms with Gasteiger partial charge in [-0.3, -0.25) is 0 Å². The molecule has 0 aliphatic heterocycles. The number of esters is 1. The van der Waals surface area contributed by atoms with Crippen LogP contribution in [0.2, 0.25) is 0 Å². The quantitative estimate of drug-likeness (QED) is 0.318. The fourth-order valence-corrected chi connectivity index (χ4v) is 2.13. The number of rotatable bonds is 16. The zero-order valence-electron chi connectivity index (χ0n) is 14.0. The van der Waals surface area contributed by atoms with E-state index in [1.165, 1.54) is 64.9 Å². The second kappa shape index (κ2) is 17.4. The van der Waals surface area contributed by atoms with Gasteiger partial charge in [0, 0.05) is 6.61 Å². The third-order valence-electron chi connectivity index (χ3n) is 3.46. The average Bonchev–Trinajstić information content (AvgIpc) is 2.50. The maximum absolute atomic E-state index is 10.8. The Labute approximate surface area is 130 Å². The molecule has 0 spiro atoms. The van der Waals surface area contributed by atoms with Crippen molar-refractivity contribution in [3.8, 4) is 0 Å². The highest BCUT2D eigenvalue weighted by Gasteiger charge is 1.98. The van der Waals surface area contributed by atoms with Crippen LogP contribution in [-0.4, -0.2) is 39.5 Å². The predicted octanol–water partition coefficient (Wildman–Crippen LogP) is 4.11. The molecule has 0 aliphatic carbocycles. The highest BCUT2D eigenvalue weighted by atomic mass is 16.6. The SMILES string of the molecule is CCCCCCCCCCCCOCCOCC(=O)OC. The molecule has 0 saturated carbocycles. The lowest BCUT2D eigenvalue weighted by atomic mass is 10.1. The van der Waals surface area contributed by atoms with Crippen LogP contribution in [0.3, 0.4) is 0 Å². The Morgan fingerprint density at radius 3 is 1.81 bits per heavy atom. The van der Waals surface area contributed by atoms with Gasteiger partial charge in [-0.15, -0.1) is 0 Å². The minimum atomic E-state index is -0.343. The molecule has 0 unspecified atom stereocenters. The number of ether oxygens (including phenoxy) is 3. The van der Waals surface area contributed by atoms with Crippen LogP contribution in [0.15, 0.2) is 0 Å². The lowest BCUT2D eigenvalue weighted by Gasteiger charge is -2.05. The van der Waals surface area contributed by atoms with Gasteiger partial charge in [0.15, 0.2) is 0 Å². The van der Waals surface area contributed by atoms with Crippen molar-refractivity contribution in [2.75, 3.05) is 33.5 Å². The zero-order chi connectivity index (χ0) is 15.6. The summed E-state index contributed by atoms with van der Waals surface area (Å²) in [5.41, 5.74) is 0. The summed E-state index contributed by atoms with van der Waals surface area (Å²) in [5, 5.41) is 0. The van der Waals surface area contributed by atoms with Crippen molar-refractivity contribution in [3.05, 3.63) is 0 Å². The van der Waals surface area contributed by atoms with E-state index in [4.69, 9.17) is 9.47 Å². The fourth-order valence-electron chi connectivity index (χ4n) is 2.13. The van der Waals surface area contributed by atoms with Gasteiger partial charge in [-0.2, -0.15) is 0 Å². The summed E-state index contributed by atoms with van der Waals surface area (Å²) >= 11 is 0. The largest absolute Gasteiger partial charge is 0.467 e. The molecule has 0 fully saturated rings. The second-order valence-electron chi connectivity index (χ2n) is 5.42. The van der Waals surface area contributed by atoms with Crippen molar-refractivity contribution in [2.45, 2.75) is 71.1 Å². The van der Waals surface area contributed by atoms with E-state index < -0.39 is 0 Å². The van der Waals surface area contributed by atoms with Gasteiger partial charge < -0.3 is 14.2 Å². The Bertz CT molecular complexity index is 219. The Balaban J connectivity index is 2.98. The average molecular weight is 302 g/mol. The number of hydrogen-bond acceptors (Lipinski definition) is 4. The smallest absolute Gasteiger partial charge is 0.331 e. The topological polar surface area (TPSA) is 44.8 Å². The Morgan fingerprint density at radius 1 is 0.714 bits per heavy atom. The van der Waals surface area contributed by atoms with E-state index in [1.54, 1.807) is 0 Å². The van der Waals surface area contributed by atoms with Gasteiger partial charge in [-0.1, -0.05) is 64.7 Å². The lowest BCUT2D eigenvalue weighted by Crippen LogP contribution is -2.13. The fraction of sp³-hybridized carbons (Fsp3) is 0.941. The standard InChI is InChI=1S/C17H34O4/c1-3-4-5-6-7-8-9-10-11-12-13-20-14-15-21-16-17(18)19-2/h3-16H2,1-2H3. The molecule has 0 aromatic carbocycles. The molecule has 0 N–H and O–H groups in total. The van der Waals surface area contributed by atoms with Crippen LogP contribution in [0.25, 0.3) is 0 Å². The predicted molar refractivity (Wildman–Crippen MR) is 85.5 cm³/mol. The van der Waals surface area contributed by atoms with Gasteiger partial charge in [-0.25, -0.2) is 4.79 Å². The summed E-state index contributed by atoms with van der Waals surface area (Å²) in [6.45, 7) is 4.06. The van der Waals surface area contributed by atoms with Crippen molar-refractivity contribution in [2.24, 2.45) is 0 Å². The second-order valence-corrected chi connectivity index (χ2v) is 5.42. The third-order valence-corrected chi connectivity index (χ3v) is 3.46. The summed E-state index contributed by atoms with van der Waals surface area (Å²) in [4.78, 5) is 10.8. The van der Waals surface area contributed by atoms with Crippen LogP contribution < -0.4 is 0 Å². The summed E-state index contributed by atoms with van der Waals surface area (Å²) in [5.74, 6) is -0.343. The van der Waals surface area contributed by atoms with Crippen molar-refractivity contribution < 1.29 is 19.0 Å². The van der Waals surface area contributed by atoms with Crippen LogP contribution in [0.5, 0.6) is 0 Å². The molecule has 0 rings (SSSR count). The molecular formula is C17H34O4. The van der Waals surface area contributed by atoms with Crippen molar-refractivity contribution in [3.63, 3.8) is 0 Å². The number of hydrogen-bond donors (Lipinski definition) is 0. The maximum Gasteiger partial charge on any atom is 0.331 e. The Morgan fingerprint density at radius 2 is 1.24 bits per heavy atom.